The minimum absolute atomic E-state index is 0.0590. The van der Waals surface area contributed by atoms with Gasteiger partial charge in [0.15, 0.2) is 0 Å². The van der Waals surface area contributed by atoms with Crippen LogP contribution in [0.15, 0.2) is 24.3 Å². The van der Waals surface area contributed by atoms with Crippen LogP contribution in [-0.2, 0) is 6.54 Å². The summed E-state index contributed by atoms with van der Waals surface area (Å²) in [7, 11) is 0. The minimum Gasteiger partial charge on any atom is -0.312 e. The van der Waals surface area contributed by atoms with Crippen LogP contribution >= 0.6 is 0 Å². The molecule has 0 aromatic heterocycles. The molecule has 0 unspecified atom stereocenters. The Morgan fingerprint density at radius 3 is 2.42 bits per heavy atom. The number of benzene rings is 1. The maximum Gasteiger partial charge on any atom is 0.269 e. The second-order valence-electron chi connectivity index (χ2n) is 2.24. The minimum atomic E-state index is -0.457. The van der Waals surface area contributed by atoms with Crippen LogP contribution in [0.1, 0.15) is 5.56 Å². The lowest BCUT2D eigenvalue weighted by Crippen LogP contribution is -1.87. The maximum atomic E-state index is 10.2. The van der Waals surface area contributed by atoms with Crippen molar-refractivity contribution in [2.45, 2.75) is 6.54 Å². The molecule has 0 spiro atoms. The van der Waals surface area contributed by atoms with Crippen molar-refractivity contribution in [1.82, 2.24) is 0 Å². The lowest BCUT2D eigenvalue weighted by Gasteiger charge is -1.91. The molecule has 4 heteroatoms. The van der Waals surface area contributed by atoms with E-state index in [1.165, 1.54) is 12.1 Å². The molecule has 0 saturated carbocycles. The SMILES string of the molecule is [C-]#[N+]Cc1ccc([N+](=O)[O-])cc1. The van der Waals surface area contributed by atoms with E-state index in [0.717, 1.165) is 5.56 Å². The Bertz CT molecular complexity index is 324. The zero-order valence-corrected chi connectivity index (χ0v) is 6.23. The molecule has 60 valence electrons. The normalized spacial score (nSPS) is 8.92. The molecule has 0 heterocycles. The molecule has 1 rings (SSSR count). The highest BCUT2D eigenvalue weighted by Gasteiger charge is 2.03. The summed E-state index contributed by atoms with van der Waals surface area (Å²) in [5, 5.41) is 10.2. The number of rotatable bonds is 2. The monoisotopic (exact) mass is 162 g/mol. The third-order valence-electron chi connectivity index (χ3n) is 1.41. The first-order valence-corrected chi connectivity index (χ1v) is 3.30. The van der Waals surface area contributed by atoms with Gasteiger partial charge in [-0.15, -0.1) is 0 Å². The van der Waals surface area contributed by atoms with Gasteiger partial charge in [-0.3, -0.25) is 10.1 Å². The summed E-state index contributed by atoms with van der Waals surface area (Å²) < 4.78 is 0. The van der Waals surface area contributed by atoms with Crippen LogP contribution in [0.5, 0.6) is 0 Å². The predicted molar refractivity (Wildman–Crippen MR) is 43.4 cm³/mol. The van der Waals surface area contributed by atoms with Crippen molar-refractivity contribution in [3.63, 3.8) is 0 Å². The molecule has 0 N–H and O–H groups in total. The first-order chi connectivity index (χ1) is 5.74. The van der Waals surface area contributed by atoms with E-state index >= 15 is 0 Å². The van der Waals surface area contributed by atoms with Gasteiger partial charge in [0.2, 0.25) is 6.54 Å². The maximum absolute atomic E-state index is 10.2. The summed E-state index contributed by atoms with van der Waals surface area (Å²) in [6, 6.07) is 5.99. The van der Waals surface area contributed by atoms with E-state index < -0.39 is 4.92 Å². The van der Waals surface area contributed by atoms with Crippen molar-refractivity contribution >= 4 is 5.69 Å². The van der Waals surface area contributed by atoms with E-state index in [2.05, 4.69) is 4.85 Å². The molecule has 0 fully saturated rings. The summed E-state index contributed by atoms with van der Waals surface area (Å²) in [6.07, 6.45) is 0. The molecule has 0 amide bonds. The molecular weight excluding hydrogens is 156 g/mol. The zero-order valence-electron chi connectivity index (χ0n) is 6.23. The molecule has 1 aromatic rings. The van der Waals surface area contributed by atoms with Gasteiger partial charge in [0.05, 0.1) is 4.92 Å². The fraction of sp³-hybridized carbons (Fsp3) is 0.125. The molecule has 0 bridgehead atoms. The van der Waals surface area contributed by atoms with E-state index in [1.807, 2.05) is 0 Å². The summed E-state index contributed by atoms with van der Waals surface area (Å²) in [5.41, 5.74) is 0.860. The van der Waals surface area contributed by atoms with E-state index in [1.54, 1.807) is 12.1 Å². The van der Waals surface area contributed by atoms with Crippen molar-refractivity contribution < 1.29 is 4.92 Å². The lowest BCUT2D eigenvalue weighted by molar-refractivity contribution is -0.384. The van der Waals surface area contributed by atoms with Crippen molar-refractivity contribution in [3.8, 4) is 0 Å². The molecule has 0 atom stereocenters. The average Bonchev–Trinajstić information content (AvgIpc) is 2.06. The van der Waals surface area contributed by atoms with Gasteiger partial charge in [0.25, 0.3) is 5.69 Å². The molecule has 0 saturated heterocycles. The molecular formula is C8H6N2O2. The molecule has 0 aliphatic heterocycles. The fourth-order valence-electron chi connectivity index (χ4n) is 0.814. The van der Waals surface area contributed by atoms with E-state index in [-0.39, 0.29) is 12.2 Å². The number of nitrogens with zero attached hydrogens (tertiary/aromatic N) is 2. The van der Waals surface area contributed by atoms with Crippen LogP contribution in [-0.4, -0.2) is 4.92 Å². The number of nitro groups is 1. The van der Waals surface area contributed by atoms with Crippen molar-refractivity contribution in [2.75, 3.05) is 0 Å². The molecule has 1 aromatic carbocycles. The molecule has 4 nitrogen and oxygen atoms in total. The fourth-order valence-corrected chi connectivity index (χ4v) is 0.814. The highest BCUT2D eigenvalue weighted by molar-refractivity contribution is 5.33. The van der Waals surface area contributed by atoms with Gasteiger partial charge in [0.1, 0.15) is 0 Å². The van der Waals surface area contributed by atoms with Crippen LogP contribution in [0.3, 0.4) is 0 Å². The predicted octanol–water partition coefficient (Wildman–Crippen LogP) is 2.01. The van der Waals surface area contributed by atoms with E-state index in [9.17, 15) is 10.1 Å². The number of hydrogen-bond donors (Lipinski definition) is 0. The third-order valence-corrected chi connectivity index (χ3v) is 1.41. The molecule has 0 radical (unpaired) electrons. The Hall–Kier alpha value is -1.89. The highest BCUT2D eigenvalue weighted by atomic mass is 16.6. The second kappa shape index (κ2) is 3.49. The molecule has 0 aliphatic rings. The van der Waals surface area contributed by atoms with Crippen LogP contribution in [0, 0.1) is 16.7 Å². The van der Waals surface area contributed by atoms with Crippen LogP contribution in [0.2, 0.25) is 0 Å². The highest BCUT2D eigenvalue weighted by Crippen LogP contribution is 2.12. The second-order valence-corrected chi connectivity index (χ2v) is 2.24. The zero-order chi connectivity index (χ0) is 8.97. The van der Waals surface area contributed by atoms with Gasteiger partial charge in [0, 0.05) is 17.7 Å². The lowest BCUT2D eigenvalue weighted by atomic mass is 10.2. The Morgan fingerprint density at radius 1 is 1.42 bits per heavy atom. The first-order valence-electron chi connectivity index (χ1n) is 3.30. The Labute approximate surface area is 69.4 Å². The largest absolute Gasteiger partial charge is 0.312 e. The Morgan fingerprint density at radius 2 is 2.00 bits per heavy atom. The number of non-ortho nitro benzene ring substituents is 1. The van der Waals surface area contributed by atoms with Gasteiger partial charge >= 0.3 is 0 Å². The quantitative estimate of drug-likeness (QED) is 0.379. The summed E-state index contributed by atoms with van der Waals surface area (Å²) in [5.74, 6) is 0. The molecule has 0 aliphatic carbocycles. The Balaban J connectivity index is 2.87. The van der Waals surface area contributed by atoms with E-state index in [4.69, 9.17) is 6.57 Å². The number of hydrogen-bond acceptors (Lipinski definition) is 2. The van der Waals surface area contributed by atoms with Crippen LogP contribution < -0.4 is 0 Å². The van der Waals surface area contributed by atoms with Crippen LogP contribution in [0.25, 0.3) is 4.85 Å². The van der Waals surface area contributed by atoms with Gasteiger partial charge < -0.3 is 4.85 Å². The smallest absolute Gasteiger partial charge is 0.269 e. The topological polar surface area (TPSA) is 47.5 Å². The third kappa shape index (κ3) is 1.80. The van der Waals surface area contributed by atoms with Crippen molar-refractivity contribution in [2.24, 2.45) is 0 Å². The average molecular weight is 162 g/mol. The van der Waals surface area contributed by atoms with E-state index in [0.29, 0.717) is 0 Å². The molecule has 12 heavy (non-hydrogen) atoms. The van der Waals surface area contributed by atoms with Crippen molar-refractivity contribution in [1.29, 1.82) is 0 Å². The first kappa shape index (κ1) is 8.21. The Kier molecular flexibility index (Phi) is 2.38. The van der Waals surface area contributed by atoms with Crippen molar-refractivity contribution in [3.05, 3.63) is 51.4 Å². The van der Waals surface area contributed by atoms with Gasteiger partial charge in [-0.05, 0) is 12.1 Å². The number of nitro benzene ring substituents is 1. The summed E-state index contributed by atoms with van der Waals surface area (Å²) in [4.78, 5) is 12.9. The summed E-state index contributed by atoms with van der Waals surface area (Å²) >= 11 is 0. The van der Waals surface area contributed by atoms with Gasteiger partial charge in [-0.1, -0.05) is 0 Å². The standard InChI is InChI=1S/C8H6N2O2/c1-9-6-7-2-4-8(5-3-7)10(11)12/h2-5H,6H2. The van der Waals surface area contributed by atoms with Gasteiger partial charge in [-0.25, -0.2) is 6.57 Å². The van der Waals surface area contributed by atoms with Crippen LogP contribution in [0.4, 0.5) is 5.69 Å². The summed E-state index contributed by atoms with van der Waals surface area (Å²) in [6.45, 7) is 6.85. The van der Waals surface area contributed by atoms with Gasteiger partial charge in [-0.2, -0.15) is 0 Å².